The van der Waals surface area contributed by atoms with Crippen LogP contribution in [-0.4, -0.2) is 27.3 Å². The van der Waals surface area contributed by atoms with E-state index in [-0.39, 0.29) is 18.1 Å². The van der Waals surface area contributed by atoms with E-state index in [1.54, 1.807) is 23.0 Å². The monoisotopic (exact) mass is 346 g/mol. The molecular formula is C17H16F2N4O2. The van der Waals surface area contributed by atoms with Gasteiger partial charge in [-0.3, -0.25) is 9.48 Å². The molecule has 0 saturated heterocycles. The van der Waals surface area contributed by atoms with Gasteiger partial charge in [0.25, 0.3) is 0 Å². The minimum absolute atomic E-state index is 0.0564. The summed E-state index contributed by atoms with van der Waals surface area (Å²) < 4.78 is 30.2. The molecule has 2 heterocycles. The number of rotatable bonds is 5. The van der Waals surface area contributed by atoms with Gasteiger partial charge in [0, 0.05) is 12.4 Å². The van der Waals surface area contributed by atoms with Crippen molar-refractivity contribution in [3.05, 3.63) is 47.8 Å². The van der Waals surface area contributed by atoms with Gasteiger partial charge in [-0.2, -0.15) is 13.9 Å². The highest BCUT2D eigenvalue weighted by Gasteiger charge is 2.10. The van der Waals surface area contributed by atoms with E-state index in [4.69, 9.17) is 0 Å². The molecule has 3 rings (SSSR count). The lowest BCUT2D eigenvalue weighted by Crippen LogP contribution is -2.14. The highest BCUT2D eigenvalue weighted by atomic mass is 19.3. The number of halogens is 2. The van der Waals surface area contributed by atoms with Gasteiger partial charge >= 0.3 is 6.61 Å². The number of aryl methyl sites for hydroxylation is 2. The first kappa shape index (κ1) is 16.8. The predicted molar refractivity (Wildman–Crippen MR) is 88.7 cm³/mol. The molecule has 0 aliphatic heterocycles. The molecule has 1 N–H and O–H groups in total. The molecule has 0 aliphatic carbocycles. The van der Waals surface area contributed by atoms with Crippen molar-refractivity contribution in [2.24, 2.45) is 7.05 Å². The number of amides is 1. The Morgan fingerprint density at radius 2 is 2.04 bits per heavy atom. The zero-order valence-corrected chi connectivity index (χ0v) is 13.7. The van der Waals surface area contributed by atoms with Gasteiger partial charge < -0.3 is 10.1 Å². The summed E-state index contributed by atoms with van der Waals surface area (Å²) in [5.74, 6) is -0.175. The molecule has 2 aromatic heterocycles. The Labute approximate surface area is 142 Å². The topological polar surface area (TPSA) is 69.0 Å². The largest absolute Gasteiger partial charge is 0.435 e. The molecule has 8 heteroatoms. The van der Waals surface area contributed by atoms with Crippen LogP contribution in [0, 0.1) is 6.92 Å². The minimum Gasteiger partial charge on any atom is -0.435 e. The van der Waals surface area contributed by atoms with E-state index < -0.39 is 6.61 Å². The fourth-order valence-electron chi connectivity index (χ4n) is 2.56. The van der Waals surface area contributed by atoms with Crippen molar-refractivity contribution >= 4 is 22.6 Å². The fraction of sp³-hybridized carbons (Fsp3) is 0.235. The number of hydrogen-bond acceptors (Lipinski definition) is 4. The Bertz CT molecular complexity index is 907. The van der Waals surface area contributed by atoms with Gasteiger partial charge in [0.05, 0.1) is 24.0 Å². The molecule has 0 bridgehead atoms. The Morgan fingerprint density at radius 3 is 2.72 bits per heavy atom. The van der Waals surface area contributed by atoms with Gasteiger partial charge in [0.15, 0.2) is 5.65 Å². The third kappa shape index (κ3) is 3.90. The molecule has 0 unspecified atom stereocenters. The summed E-state index contributed by atoms with van der Waals surface area (Å²) in [6, 6.07) is 7.78. The molecule has 3 aromatic rings. The van der Waals surface area contributed by atoms with Crippen molar-refractivity contribution < 1.29 is 18.3 Å². The lowest BCUT2D eigenvalue weighted by molar-refractivity contribution is -0.115. The van der Waals surface area contributed by atoms with E-state index in [1.165, 1.54) is 12.1 Å². The maximum atomic E-state index is 12.2. The Morgan fingerprint density at radius 1 is 1.32 bits per heavy atom. The van der Waals surface area contributed by atoms with E-state index in [0.717, 1.165) is 16.7 Å². The summed E-state index contributed by atoms with van der Waals surface area (Å²) in [6.07, 6.45) is 1.68. The molecule has 1 amide bonds. The number of carbonyl (C=O) groups is 1. The number of nitrogens with one attached hydrogen (secondary N) is 1. The highest BCUT2D eigenvalue weighted by Crippen LogP contribution is 2.20. The number of anilines is 1. The maximum Gasteiger partial charge on any atom is 0.387 e. The average molecular weight is 346 g/mol. The first-order chi connectivity index (χ1) is 11.9. The standard InChI is InChI=1S/C17H16F2N4O2/c1-10-14-8-12(9-20-16(14)23(2)22-10)21-15(24)7-11-3-5-13(6-4-11)25-17(18)19/h3-6,8-9,17H,7H2,1-2H3,(H,21,24). The SMILES string of the molecule is Cc1nn(C)c2ncc(NC(=O)Cc3ccc(OC(F)F)cc3)cc12. The van der Waals surface area contributed by atoms with Gasteiger partial charge in [0.1, 0.15) is 5.75 Å². The normalized spacial score (nSPS) is 11.1. The Kier molecular flexibility index (Phi) is 4.60. The lowest BCUT2D eigenvalue weighted by Gasteiger charge is -2.07. The number of pyridine rings is 1. The maximum absolute atomic E-state index is 12.2. The van der Waals surface area contributed by atoms with Crippen LogP contribution in [0.25, 0.3) is 11.0 Å². The molecule has 0 spiro atoms. The van der Waals surface area contributed by atoms with E-state index in [9.17, 15) is 13.6 Å². The third-order valence-electron chi connectivity index (χ3n) is 3.66. The van der Waals surface area contributed by atoms with E-state index in [1.807, 2.05) is 20.0 Å². The lowest BCUT2D eigenvalue weighted by atomic mass is 10.1. The number of alkyl halides is 2. The minimum atomic E-state index is -2.87. The summed E-state index contributed by atoms with van der Waals surface area (Å²) in [6.45, 7) is -0.994. The van der Waals surface area contributed by atoms with Crippen LogP contribution in [0.5, 0.6) is 5.75 Å². The summed E-state index contributed by atoms with van der Waals surface area (Å²) in [5.41, 5.74) is 2.83. The summed E-state index contributed by atoms with van der Waals surface area (Å²) >= 11 is 0. The van der Waals surface area contributed by atoms with Crippen molar-refractivity contribution in [3.63, 3.8) is 0 Å². The average Bonchev–Trinajstić information content (AvgIpc) is 2.83. The summed E-state index contributed by atoms with van der Waals surface area (Å²) in [4.78, 5) is 16.5. The number of ether oxygens (including phenoxy) is 1. The van der Waals surface area contributed by atoms with Gasteiger partial charge in [-0.15, -0.1) is 0 Å². The zero-order chi connectivity index (χ0) is 18.0. The molecule has 0 radical (unpaired) electrons. The van der Waals surface area contributed by atoms with Crippen LogP contribution in [0.3, 0.4) is 0 Å². The molecule has 25 heavy (non-hydrogen) atoms. The second-order valence-electron chi connectivity index (χ2n) is 5.55. The van der Waals surface area contributed by atoms with Crippen molar-refractivity contribution in [3.8, 4) is 5.75 Å². The van der Waals surface area contributed by atoms with Crippen molar-refractivity contribution in [1.29, 1.82) is 0 Å². The second-order valence-corrected chi connectivity index (χ2v) is 5.55. The predicted octanol–water partition coefficient (Wildman–Crippen LogP) is 3.06. The first-order valence-electron chi connectivity index (χ1n) is 7.55. The van der Waals surface area contributed by atoms with E-state index in [0.29, 0.717) is 11.3 Å². The number of nitrogens with zero attached hydrogens (tertiary/aromatic N) is 3. The van der Waals surface area contributed by atoms with Crippen LogP contribution in [0.15, 0.2) is 36.5 Å². The van der Waals surface area contributed by atoms with E-state index in [2.05, 4.69) is 20.1 Å². The molecule has 6 nitrogen and oxygen atoms in total. The van der Waals surface area contributed by atoms with Crippen molar-refractivity contribution in [2.75, 3.05) is 5.32 Å². The molecule has 0 atom stereocenters. The number of carbonyl (C=O) groups excluding carboxylic acids is 1. The molecular weight excluding hydrogens is 330 g/mol. The second kappa shape index (κ2) is 6.84. The smallest absolute Gasteiger partial charge is 0.387 e. The van der Waals surface area contributed by atoms with Gasteiger partial charge in [-0.05, 0) is 30.7 Å². The zero-order valence-electron chi connectivity index (χ0n) is 13.7. The van der Waals surface area contributed by atoms with Gasteiger partial charge in [-0.1, -0.05) is 12.1 Å². The molecule has 0 aliphatic rings. The number of hydrogen-bond donors (Lipinski definition) is 1. The first-order valence-corrected chi connectivity index (χ1v) is 7.55. The van der Waals surface area contributed by atoms with Crippen molar-refractivity contribution in [2.45, 2.75) is 20.0 Å². The van der Waals surface area contributed by atoms with Gasteiger partial charge in [-0.25, -0.2) is 4.98 Å². The molecule has 0 fully saturated rings. The molecule has 0 saturated carbocycles. The van der Waals surface area contributed by atoms with Crippen LogP contribution in [0.2, 0.25) is 0 Å². The van der Waals surface area contributed by atoms with Crippen LogP contribution in [0.1, 0.15) is 11.3 Å². The van der Waals surface area contributed by atoms with E-state index >= 15 is 0 Å². The van der Waals surface area contributed by atoms with Gasteiger partial charge in [0.2, 0.25) is 5.91 Å². The number of benzene rings is 1. The van der Waals surface area contributed by atoms with Crippen LogP contribution in [-0.2, 0) is 18.3 Å². The van der Waals surface area contributed by atoms with Crippen molar-refractivity contribution in [1.82, 2.24) is 14.8 Å². The summed E-state index contributed by atoms with van der Waals surface area (Å²) in [5, 5.41) is 7.93. The van der Waals surface area contributed by atoms with Crippen LogP contribution in [0.4, 0.5) is 14.5 Å². The third-order valence-corrected chi connectivity index (χ3v) is 3.66. The van der Waals surface area contributed by atoms with Crippen LogP contribution < -0.4 is 10.1 Å². The number of aromatic nitrogens is 3. The number of fused-ring (bicyclic) bond motifs is 1. The quantitative estimate of drug-likeness (QED) is 0.771. The molecule has 130 valence electrons. The summed E-state index contributed by atoms with van der Waals surface area (Å²) in [7, 11) is 1.81. The Balaban J connectivity index is 1.67. The highest BCUT2D eigenvalue weighted by molar-refractivity contribution is 5.94. The molecule has 1 aromatic carbocycles. The fourth-order valence-corrected chi connectivity index (χ4v) is 2.56. The Hall–Kier alpha value is -3.03. The van der Waals surface area contributed by atoms with Crippen LogP contribution >= 0.6 is 0 Å².